The van der Waals surface area contributed by atoms with Crippen molar-refractivity contribution in [2.45, 2.75) is 19.9 Å². The molecule has 0 saturated carbocycles. The first-order valence-electron chi connectivity index (χ1n) is 4.60. The van der Waals surface area contributed by atoms with Crippen LogP contribution in [0.3, 0.4) is 0 Å². The van der Waals surface area contributed by atoms with E-state index in [-0.39, 0.29) is 6.04 Å². The highest BCUT2D eigenvalue weighted by Crippen LogP contribution is 2.26. The average Bonchev–Trinajstić information content (AvgIpc) is 2.18. The molecule has 0 aliphatic rings. The number of allylic oxidation sites excluding steroid dienone is 1. The Kier molecular flexibility index (Phi) is 4.80. The number of rotatable bonds is 3. The summed E-state index contributed by atoms with van der Waals surface area (Å²) in [7, 11) is 0. The molecule has 0 bridgehead atoms. The molecule has 1 aromatic rings. The van der Waals surface area contributed by atoms with E-state index in [9.17, 15) is 0 Å². The first-order chi connectivity index (χ1) is 7.04. The summed E-state index contributed by atoms with van der Waals surface area (Å²) in [6.45, 7) is 4.07. The van der Waals surface area contributed by atoms with Gasteiger partial charge in [-0.3, -0.25) is 5.84 Å². The van der Waals surface area contributed by atoms with Crippen LogP contribution in [0.4, 0.5) is 0 Å². The lowest BCUT2D eigenvalue weighted by atomic mass is 10.1. The molecule has 15 heavy (non-hydrogen) atoms. The van der Waals surface area contributed by atoms with Crippen molar-refractivity contribution in [1.29, 1.82) is 0 Å². The summed E-state index contributed by atoms with van der Waals surface area (Å²) in [5, 5.41) is 0.701. The van der Waals surface area contributed by atoms with E-state index in [2.05, 4.69) is 27.4 Å². The fourth-order valence-electron chi connectivity index (χ4n) is 1.28. The Hall–Kier alpha value is -0.350. The summed E-state index contributed by atoms with van der Waals surface area (Å²) >= 11 is 9.31. The quantitative estimate of drug-likeness (QED) is 0.507. The summed E-state index contributed by atoms with van der Waals surface area (Å²) in [6, 6.07) is 5.79. The normalized spacial score (nSPS) is 12.3. The third-order valence-electron chi connectivity index (χ3n) is 1.98. The zero-order chi connectivity index (χ0) is 11.4. The number of hydrazine groups is 1. The molecule has 0 spiro atoms. The van der Waals surface area contributed by atoms with Crippen molar-refractivity contribution < 1.29 is 0 Å². The Morgan fingerprint density at radius 1 is 1.53 bits per heavy atom. The predicted molar refractivity (Wildman–Crippen MR) is 68.6 cm³/mol. The number of nitrogens with two attached hydrogens (primary N) is 1. The van der Waals surface area contributed by atoms with Gasteiger partial charge in [0.05, 0.1) is 11.1 Å². The second-order valence-corrected chi connectivity index (χ2v) is 4.82. The van der Waals surface area contributed by atoms with Crippen LogP contribution >= 0.6 is 27.5 Å². The number of hydrogen-bond donors (Lipinski definition) is 2. The van der Waals surface area contributed by atoms with E-state index in [1.807, 2.05) is 32.0 Å². The lowest BCUT2D eigenvalue weighted by molar-refractivity contribution is 0.651. The maximum Gasteiger partial charge on any atom is 0.0643 e. The van der Waals surface area contributed by atoms with Gasteiger partial charge in [0.15, 0.2) is 0 Å². The summed E-state index contributed by atoms with van der Waals surface area (Å²) < 4.78 is 0.879. The molecular formula is C11H14BrClN2. The first-order valence-corrected chi connectivity index (χ1v) is 5.77. The van der Waals surface area contributed by atoms with Gasteiger partial charge in [0.25, 0.3) is 0 Å². The van der Waals surface area contributed by atoms with E-state index in [1.165, 1.54) is 5.57 Å². The molecule has 1 unspecified atom stereocenters. The van der Waals surface area contributed by atoms with Crippen LogP contribution in [-0.4, -0.2) is 0 Å². The van der Waals surface area contributed by atoms with E-state index < -0.39 is 0 Å². The fourth-order valence-corrected chi connectivity index (χ4v) is 1.79. The van der Waals surface area contributed by atoms with E-state index in [1.54, 1.807) is 0 Å². The molecule has 0 radical (unpaired) electrons. The molecule has 82 valence electrons. The largest absolute Gasteiger partial charge is 0.271 e. The highest BCUT2D eigenvalue weighted by Gasteiger charge is 2.07. The number of hydrogen-bond acceptors (Lipinski definition) is 2. The van der Waals surface area contributed by atoms with E-state index >= 15 is 0 Å². The van der Waals surface area contributed by atoms with Crippen molar-refractivity contribution in [3.63, 3.8) is 0 Å². The van der Waals surface area contributed by atoms with Crippen molar-refractivity contribution in [2.24, 2.45) is 5.84 Å². The Labute approximate surface area is 104 Å². The minimum absolute atomic E-state index is 0.0172. The summed E-state index contributed by atoms with van der Waals surface area (Å²) in [6.07, 6.45) is 2.07. The predicted octanol–water partition coefficient (Wildman–Crippen LogP) is 3.57. The van der Waals surface area contributed by atoms with Crippen LogP contribution in [0.2, 0.25) is 5.02 Å². The lowest BCUT2D eigenvalue weighted by Crippen LogP contribution is -2.26. The van der Waals surface area contributed by atoms with Gasteiger partial charge < -0.3 is 0 Å². The van der Waals surface area contributed by atoms with Gasteiger partial charge in [-0.25, -0.2) is 5.43 Å². The van der Waals surface area contributed by atoms with Crippen LogP contribution in [-0.2, 0) is 0 Å². The molecule has 2 nitrogen and oxygen atoms in total. The van der Waals surface area contributed by atoms with Crippen LogP contribution in [0.25, 0.3) is 0 Å². The highest BCUT2D eigenvalue weighted by molar-refractivity contribution is 9.10. The highest BCUT2D eigenvalue weighted by atomic mass is 79.9. The molecular weight excluding hydrogens is 275 g/mol. The second kappa shape index (κ2) is 5.66. The van der Waals surface area contributed by atoms with Crippen LogP contribution in [0.15, 0.2) is 34.3 Å². The SMILES string of the molecule is CC(C)=CC(NN)c1ccc(Cl)c(Br)c1. The molecule has 4 heteroatoms. The molecule has 0 aliphatic carbocycles. The topological polar surface area (TPSA) is 38.0 Å². The van der Waals surface area contributed by atoms with Gasteiger partial charge in [-0.1, -0.05) is 29.3 Å². The van der Waals surface area contributed by atoms with E-state index in [0.717, 1.165) is 10.0 Å². The van der Waals surface area contributed by atoms with Gasteiger partial charge >= 0.3 is 0 Å². The number of benzene rings is 1. The maximum absolute atomic E-state index is 5.92. The Balaban J connectivity index is 3.03. The first kappa shape index (κ1) is 12.7. The Bertz CT molecular complexity index is 373. The molecule has 1 aromatic carbocycles. The molecule has 3 N–H and O–H groups in total. The lowest BCUT2D eigenvalue weighted by Gasteiger charge is -2.13. The summed E-state index contributed by atoms with van der Waals surface area (Å²) in [5.41, 5.74) is 5.05. The van der Waals surface area contributed by atoms with Gasteiger partial charge in [-0.05, 0) is 47.5 Å². The molecule has 1 atom stereocenters. The van der Waals surface area contributed by atoms with Gasteiger partial charge in [-0.15, -0.1) is 0 Å². The van der Waals surface area contributed by atoms with Crippen molar-refractivity contribution in [2.75, 3.05) is 0 Å². The standard InChI is InChI=1S/C11H14BrClN2/c1-7(2)5-11(15-14)8-3-4-10(13)9(12)6-8/h3-6,11,15H,14H2,1-2H3. The van der Waals surface area contributed by atoms with Crippen LogP contribution < -0.4 is 11.3 Å². The van der Waals surface area contributed by atoms with Gasteiger partial charge in [-0.2, -0.15) is 0 Å². The van der Waals surface area contributed by atoms with Crippen molar-refractivity contribution in [1.82, 2.24) is 5.43 Å². The second-order valence-electron chi connectivity index (χ2n) is 3.56. The number of nitrogens with one attached hydrogen (secondary N) is 1. The molecule has 0 fully saturated rings. The zero-order valence-corrected chi connectivity index (χ0v) is 11.1. The molecule has 1 rings (SSSR count). The van der Waals surface area contributed by atoms with E-state index in [0.29, 0.717) is 5.02 Å². The number of halogens is 2. The molecule has 0 heterocycles. The minimum atomic E-state index is 0.0172. The monoisotopic (exact) mass is 288 g/mol. The van der Waals surface area contributed by atoms with Crippen LogP contribution in [0.5, 0.6) is 0 Å². The third-order valence-corrected chi connectivity index (χ3v) is 3.20. The minimum Gasteiger partial charge on any atom is -0.271 e. The van der Waals surface area contributed by atoms with Crippen molar-refractivity contribution >= 4 is 27.5 Å². The third kappa shape index (κ3) is 3.61. The Morgan fingerprint density at radius 2 is 2.20 bits per heavy atom. The van der Waals surface area contributed by atoms with Gasteiger partial charge in [0.2, 0.25) is 0 Å². The Morgan fingerprint density at radius 3 is 2.67 bits per heavy atom. The summed E-state index contributed by atoms with van der Waals surface area (Å²) in [4.78, 5) is 0. The van der Waals surface area contributed by atoms with Gasteiger partial charge in [0, 0.05) is 4.47 Å². The molecule has 0 saturated heterocycles. The fraction of sp³-hybridized carbons (Fsp3) is 0.273. The van der Waals surface area contributed by atoms with Crippen molar-refractivity contribution in [3.05, 3.63) is 44.9 Å². The average molecular weight is 290 g/mol. The smallest absolute Gasteiger partial charge is 0.0643 e. The van der Waals surface area contributed by atoms with Crippen LogP contribution in [0.1, 0.15) is 25.5 Å². The molecule has 0 aromatic heterocycles. The molecule has 0 amide bonds. The van der Waals surface area contributed by atoms with Gasteiger partial charge in [0.1, 0.15) is 0 Å². The van der Waals surface area contributed by atoms with E-state index in [4.69, 9.17) is 17.4 Å². The zero-order valence-electron chi connectivity index (χ0n) is 8.72. The molecule has 0 aliphatic heterocycles. The maximum atomic E-state index is 5.92. The van der Waals surface area contributed by atoms with Crippen molar-refractivity contribution in [3.8, 4) is 0 Å². The van der Waals surface area contributed by atoms with Crippen LogP contribution in [0, 0.1) is 0 Å². The summed E-state index contributed by atoms with van der Waals surface area (Å²) in [5.74, 6) is 5.50.